The van der Waals surface area contributed by atoms with Gasteiger partial charge in [0.15, 0.2) is 24.6 Å². The van der Waals surface area contributed by atoms with Gasteiger partial charge in [0.25, 0.3) is 27.1 Å². The molecule has 0 aromatic heterocycles. The van der Waals surface area contributed by atoms with Crippen LogP contribution in [0.5, 0.6) is 0 Å². The molecule has 48 heavy (non-hydrogen) atoms. The lowest BCUT2D eigenvalue weighted by Gasteiger charge is -2.21. The quantitative estimate of drug-likeness (QED) is 0.0822. The third-order valence-corrected chi connectivity index (χ3v) is 13.5. The Balaban J connectivity index is 1.79. The molecule has 0 heterocycles. The summed E-state index contributed by atoms with van der Waals surface area (Å²) in [6.07, 6.45) is -0.238. The van der Waals surface area contributed by atoms with Gasteiger partial charge in [0.1, 0.15) is 9.79 Å². The molecule has 3 aromatic carbocycles. The maximum atomic E-state index is 13.7. The predicted molar refractivity (Wildman–Crippen MR) is 171 cm³/mol. The topological polar surface area (TPSA) is 273 Å². The lowest BCUT2D eigenvalue weighted by molar-refractivity contribution is -0.388. The van der Waals surface area contributed by atoms with Crippen LogP contribution in [0.2, 0.25) is 0 Å². The number of nitro benzene ring substituents is 3. The van der Waals surface area contributed by atoms with Crippen molar-refractivity contribution in [3.63, 3.8) is 0 Å². The Hall–Kier alpha value is -4.41. The minimum absolute atomic E-state index is 0.00440. The van der Waals surface area contributed by atoms with E-state index in [2.05, 4.69) is 5.43 Å². The molecule has 2 unspecified atom stereocenters. The average molecular weight is 729 g/mol. The Morgan fingerprint density at radius 2 is 1.04 bits per heavy atom. The summed E-state index contributed by atoms with van der Waals surface area (Å²) in [6, 6.07) is 14.0. The summed E-state index contributed by atoms with van der Waals surface area (Å²) in [5.41, 5.74) is 0.302. The fourth-order valence-corrected chi connectivity index (χ4v) is 9.57. The van der Waals surface area contributed by atoms with Crippen LogP contribution < -0.4 is 11.3 Å². The van der Waals surface area contributed by atoms with E-state index in [9.17, 15) is 55.6 Å². The first-order valence-electron chi connectivity index (χ1n) is 14.2. The molecule has 0 aliphatic heterocycles. The molecule has 0 spiro atoms. The zero-order valence-corrected chi connectivity index (χ0v) is 27.8. The second-order valence-corrected chi connectivity index (χ2v) is 16.8. The number of sulfonamides is 1. The van der Waals surface area contributed by atoms with E-state index >= 15 is 0 Å². The number of hydrogen-bond donors (Lipinski definition) is 2. The van der Waals surface area contributed by atoms with Crippen LogP contribution in [0, 0.1) is 30.3 Å². The number of para-hydroxylation sites is 3. The molecule has 0 aliphatic carbocycles. The number of nitrogens with two attached hydrogens (primary N) is 1. The van der Waals surface area contributed by atoms with Gasteiger partial charge >= 0.3 is 0 Å². The molecule has 0 saturated heterocycles. The Morgan fingerprint density at radius 3 is 1.52 bits per heavy atom. The minimum Gasteiger partial charge on any atom is -0.258 e. The van der Waals surface area contributed by atoms with E-state index in [1.165, 1.54) is 43.3 Å². The average Bonchev–Trinajstić information content (AvgIpc) is 3.05. The number of hydrogen-bond acceptors (Lipinski definition) is 14. The highest BCUT2D eigenvalue weighted by Crippen LogP contribution is 2.32. The van der Waals surface area contributed by atoms with Gasteiger partial charge in [-0.05, 0) is 44.4 Å². The van der Waals surface area contributed by atoms with Crippen LogP contribution in [0.4, 0.5) is 17.1 Å². The van der Waals surface area contributed by atoms with Crippen molar-refractivity contribution < 1.29 is 40.0 Å². The zero-order valence-electron chi connectivity index (χ0n) is 25.3. The van der Waals surface area contributed by atoms with Gasteiger partial charge < -0.3 is 0 Å². The summed E-state index contributed by atoms with van der Waals surface area (Å²) in [7, 11) is -13.2. The third kappa shape index (κ3) is 8.54. The number of nitrogens with zero attached hydrogens (tertiary/aromatic N) is 4. The third-order valence-electron chi connectivity index (χ3n) is 7.43. The Bertz CT molecular complexity index is 2010. The Kier molecular flexibility index (Phi) is 12.4. The van der Waals surface area contributed by atoms with Crippen molar-refractivity contribution in [1.29, 1.82) is 0 Å². The van der Waals surface area contributed by atoms with Crippen molar-refractivity contribution >= 4 is 46.8 Å². The lowest BCUT2D eigenvalue weighted by Crippen LogP contribution is -2.49. The summed E-state index contributed by atoms with van der Waals surface area (Å²) in [6.45, 7) is 0.953. The largest absolute Gasteiger partial charge is 0.289 e. The van der Waals surface area contributed by atoms with Crippen LogP contribution in [0.3, 0.4) is 0 Å². The van der Waals surface area contributed by atoms with Gasteiger partial charge in [-0.1, -0.05) is 53.8 Å². The maximum Gasteiger partial charge on any atom is 0.289 e. The van der Waals surface area contributed by atoms with E-state index < -0.39 is 93.3 Å². The van der Waals surface area contributed by atoms with Gasteiger partial charge in [0, 0.05) is 24.7 Å². The standard InChI is InChI=1S/C27H32N6O12S3/c1-20(46(40,41)25-15-7-4-12-22(25)30(34)35)10-2-3-11-21(47(42,43)26-16-8-5-13-23(26)31(36)37)18-19-29-33(28)48(44,45)27-17-9-6-14-24(27)32(38)39/h4-9,12-17,20-21,29H,2-3,10-11,18-19,28H2,1H3. The van der Waals surface area contributed by atoms with Gasteiger partial charge in [0.2, 0.25) is 0 Å². The van der Waals surface area contributed by atoms with Crippen molar-refractivity contribution in [2.75, 3.05) is 6.54 Å². The first kappa shape index (κ1) is 38.0. The van der Waals surface area contributed by atoms with Crippen LogP contribution in [-0.4, -0.2) is 61.6 Å². The molecule has 0 bridgehead atoms. The highest BCUT2D eigenvalue weighted by Gasteiger charge is 2.35. The molecule has 0 saturated carbocycles. The smallest absolute Gasteiger partial charge is 0.258 e. The molecule has 18 nitrogen and oxygen atoms in total. The van der Waals surface area contributed by atoms with Gasteiger partial charge in [-0.15, -0.1) is 0 Å². The number of nitrogens with one attached hydrogen (secondary N) is 1. The molecular weight excluding hydrogens is 697 g/mol. The minimum atomic E-state index is -4.67. The summed E-state index contributed by atoms with van der Waals surface area (Å²) < 4.78 is 79.6. The van der Waals surface area contributed by atoms with E-state index in [0.29, 0.717) is 0 Å². The van der Waals surface area contributed by atoms with E-state index in [1.807, 2.05) is 0 Å². The molecule has 260 valence electrons. The normalized spacial score (nSPS) is 13.6. The Morgan fingerprint density at radius 1 is 0.646 bits per heavy atom. The summed E-state index contributed by atoms with van der Waals surface area (Å²) in [5, 5.41) is 31.9. The number of benzene rings is 3. The van der Waals surface area contributed by atoms with Gasteiger partial charge in [-0.3, -0.25) is 30.3 Å². The molecule has 0 aliphatic rings. The molecule has 2 atom stereocenters. The van der Waals surface area contributed by atoms with E-state index in [0.717, 1.165) is 36.4 Å². The molecule has 3 N–H and O–H groups in total. The van der Waals surface area contributed by atoms with Crippen LogP contribution in [0.15, 0.2) is 87.5 Å². The van der Waals surface area contributed by atoms with Crippen molar-refractivity contribution in [1.82, 2.24) is 9.95 Å². The first-order valence-corrected chi connectivity index (χ1v) is 18.7. The van der Waals surface area contributed by atoms with Crippen molar-refractivity contribution in [3.05, 3.63) is 103 Å². The van der Waals surface area contributed by atoms with Gasteiger partial charge in [-0.2, -0.15) is 0 Å². The summed E-state index contributed by atoms with van der Waals surface area (Å²) >= 11 is 0. The fourth-order valence-electron chi connectivity index (χ4n) is 4.86. The monoisotopic (exact) mass is 728 g/mol. The van der Waals surface area contributed by atoms with Gasteiger partial charge in [0.05, 0.1) is 25.3 Å². The number of hydrazine groups is 2. The first-order chi connectivity index (χ1) is 22.4. The molecule has 21 heteroatoms. The van der Waals surface area contributed by atoms with Crippen LogP contribution in [0.1, 0.15) is 39.0 Å². The number of rotatable bonds is 18. The molecule has 0 radical (unpaired) electrons. The second kappa shape index (κ2) is 15.7. The van der Waals surface area contributed by atoms with E-state index in [-0.39, 0.29) is 36.6 Å². The van der Waals surface area contributed by atoms with Crippen molar-refractivity contribution in [2.45, 2.75) is 64.2 Å². The molecule has 3 rings (SSSR count). The summed E-state index contributed by atoms with van der Waals surface area (Å²) in [5.74, 6) is 5.67. The predicted octanol–water partition coefficient (Wildman–Crippen LogP) is 3.44. The molecule has 0 fully saturated rings. The maximum absolute atomic E-state index is 13.7. The number of unbranched alkanes of at least 4 members (excludes halogenated alkanes) is 1. The fraction of sp³-hybridized carbons (Fsp3) is 0.333. The van der Waals surface area contributed by atoms with Crippen LogP contribution in [0.25, 0.3) is 0 Å². The van der Waals surface area contributed by atoms with E-state index in [1.54, 1.807) is 0 Å². The zero-order chi connectivity index (χ0) is 35.9. The van der Waals surface area contributed by atoms with Crippen molar-refractivity contribution in [3.8, 4) is 0 Å². The van der Waals surface area contributed by atoms with E-state index in [4.69, 9.17) is 5.84 Å². The van der Waals surface area contributed by atoms with Crippen molar-refractivity contribution in [2.24, 2.45) is 5.84 Å². The molecule has 0 amide bonds. The van der Waals surface area contributed by atoms with Crippen LogP contribution in [-0.2, 0) is 29.7 Å². The number of sulfone groups is 2. The lowest BCUT2D eigenvalue weighted by atomic mass is 10.1. The Labute approximate surface area is 275 Å². The second-order valence-electron chi connectivity index (χ2n) is 10.5. The van der Waals surface area contributed by atoms with Gasteiger partial charge in [-0.25, -0.2) is 36.5 Å². The molecule has 3 aromatic rings. The highest BCUT2D eigenvalue weighted by atomic mass is 32.2. The summed E-state index contributed by atoms with van der Waals surface area (Å²) in [4.78, 5) is 30.0. The van der Waals surface area contributed by atoms with Crippen LogP contribution >= 0.6 is 0 Å². The molecular formula is C27H32N6O12S3. The highest BCUT2D eigenvalue weighted by molar-refractivity contribution is 7.92. The number of nitro groups is 3. The SMILES string of the molecule is CC(CCCCC(CCNN(N)S(=O)(=O)c1ccccc1[N+](=O)[O-])S(=O)(=O)c1ccccc1[N+](=O)[O-])S(=O)(=O)c1ccccc1[N+](=O)[O-].